The zero-order valence-electron chi connectivity index (χ0n) is 17.8. The Morgan fingerprint density at radius 2 is 1.52 bits per heavy atom. The molecule has 0 aliphatic heterocycles. The average molecular weight is 433 g/mol. The number of hydrogen-bond donors (Lipinski definition) is 1. The quantitative estimate of drug-likeness (QED) is 0.454. The van der Waals surface area contributed by atoms with Gasteiger partial charge in [-0.2, -0.15) is 0 Å². The lowest BCUT2D eigenvalue weighted by molar-refractivity contribution is 0.102. The van der Waals surface area contributed by atoms with Gasteiger partial charge in [0.1, 0.15) is 5.82 Å². The number of carbonyl (C=O) groups excluding carboxylic acids is 1. The number of rotatable bonds is 4. The van der Waals surface area contributed by atoms with Gasteiger partial charge < -0.3 is 5.32 Å². The van der Waals surface area contributed by atoms with Gasteiger partial charge in [0.15, 0.2) is 5.82 Å². The first-order chi connectivity index (χ1) is 16.1. The summed E-state index contributed by atoms with van der Waals surface area (Å²) in [4.78, 5) is 38.8. The molecule has 0 saturated heterocycles. The molecule has 0 aliphatic rings. The summed E-state index contributed by atoms with van der Waals surface area (Å²) in [6.45, 7) is 1.79. The van der Waals surface area contributed by atoms with Crippen LogP contribution >= 0.6 is 0 Å². The molecule has 0 bridgehead atoms. The normalized spacial score (nSPS) is 10.8. The van der Waals surface area contributed by atoms with Crippen LogP contribution in [0.1, 0.15) is 16.2 Å². The summed E-state index contributed by atoms with van der Waals surface area (Å²) in [7, 11) is 0. The molecule has 33 heavy (non-hydrogen) atoms. The fourth-order valence-electron chi connectivity index (χ4n) is 3.64. The van der Waals surface area contributed by atoms with Crippen molar-refractivity contribution >= 4 is 22.5 Å². The summed E-state index contributed by atoms with van der Waals surface area (Å²) in [6.07, 6.45) is 3.15. The van der Waals surface area contributed by atoms with Crippen molar-refractivity contribution in [1.82, 2.24) is 19.5 Å². The summed E-state index contributed by atoms with van der Waals surface area (Å²) < 4.78 is 1.54. The largest absolute Gasteiger partial charge is 0.319 e. The zero-order valence-corrected chi connectivity index (χ0v) is 17.8. The van der Waals surface area contributed by atoms with Crippen LogP contribution in [-0.2, 0) is 0 Å². The SMILES string of the molecule is Cc1nc2ccccc2c(=O)n1-c1ccc(C(=O)Nc2cnc(-c3ccccc3)nc2)cc1. The molecule has 3 aromatic carbocycles. The van der Waals surface area contributed by atoms with Crippen LogP contribution in [0.4, 0.5) is 5.69 Å². The second kappa shape index (κ2) is 8.47. The molecule has 7 heteroatoms. The molecular weight excluding hydrogens is 414 g/mol. The number of benzene rings is 3. The molecule has 2 heterocycles. The van der Waals surface area contributed by atoms with Gasteiger partial charge in [-0.1, -0.05) is 42.5 Å². The van der Waals surface area contributed by atoms with E-state index in [2.05, 4.69) is 20.3 Å². The minimum absolute atomic E-state index is 0.147. The van der Waals surface area contributed by atoms with E-state index >= 15 is 0 Å². The maximum Gasteiger partial charge on any atom is 0.265 e. The third kappa shape index (κ3) is 3.99. The van der Waals surface area contributed by atoms with E-state index in [1.54, 1.807) is 54.2 Å². The number of fused-ring (bicyclic) bond motifs is 1. The minimum atomic E-state index is -0.293. The zero-order chi connectivity index (χ0) is 22.8. The lowest BCUT2D eigenvalue weighted by Gasteiger charge is -2.11. The molecule has 160 valence electrons. The molecule has 0 spiro atoms. The number of nitrogens with zero attached hydrogens (tertiary/aromatic N) is 4. The second-order valence-electron chi connectivity index (χ2n) is 7.48. The maximum absolute atomic E-state index is 13.0. The van der Waals surface area contributed by atoms with E-state index in [1.165, 1.54) is 0 Å². The Bertz CT molecular complexity index is 1510. The fraction of sp³-hybridized carbons (Fsp3) is 0.0385. The van der Waals surface area contributed by atoms with Crippen LogP contribution in [0.5, 0.6) is 0 Å². The van der Waals surface area contributed by atoms with Gasteiger partial charge in [0.2, 0.25) is 0 Å². The van der Waals surface area contributed by atoms with E-state index in [9.17, 15) is 9.59 Å². The average Bonchev–Trinajstić information content (AvgIpc) is 2.85. The molecule has 0 radical (unpaired) electrons. The third-order valence-electron chi connectivity index (χ3n) is 5.27. The first-order valence-corrected chi connectivity index (χ1v) is 10.4. The van der Waals surface area contributed by atoms with Gasteiger partial charge in [-0.25, -0.2) is 15.0 Å². The standard InChI is InChI=1S/C26H19N5O2/c1-17-29-23-10-6-5-9-22(23)26(33)31(17)21-13-11-19(12-14-21)25(32)30-20-15-27-24(28-16-20)18-7-3-2-4-8-18/h2-16H,1H3,(H,30,32). The van der Waals surface area contributed by atoms with E-state index in [1.807, 2.05) is 48.5 Å². The van der Waals surface area contributed by atoms with Crippen LogP contribution < -0.4 is 10.9 Å². The van der Waals surface area contributed by atoms with Crippen molar-refractivity contribution in [2.24, 2.45) is 0 Å². The highest BCUT2D eigenvalue weighted by molar-refractivity contribution is 6.04. The lowest BCUT2D eigenvalue weighted by atomic mass is 10.1. The van der Waals surface area contributed by atoms with Crippen molar-refractivity contribution in [1.29, 1.82) is 0 Å². The van der Waals surface area contributed by atoms with Crippen LogP contribution in [0.15, 0.2) is 96.1 Å². The van der Waals surface area contributed by atoms with Gasteiger partial charge in [-0.3, -0.25) is 14.2 Å². The monoisotopic (exact) mass is 433 g/mol. The first-order valence-electron chi connectivity index (χ1n) is 10.4. The number of hydrogen-bond acceptors (Lipinski definition) is 5. The molecule has 0 saturated carbocycles. The van der Waals surface area contributed by atoms with Gasteiger partial charge in [-0.05, 0) is 43.3 Å². The Labute approximate surface area is 189 Å². The molecule has 1 amide bonds. The summed E-state index contributed by atoms with van der Waals surface area (Å²) in [5.41, 5.74) is 3.00. The molecule has 0 aliphatic carbocycles. The van der Waals surface area contributed by atoms with Crippen molar-refractivity contribution < 1.29 is 4.79 Å². The lowest BCUT2D eigenvalue weighted by Crippen LogP contribution is -2.22. The van der Waals surface area contributed by atoms with E-state index in [4.69, 9.17) is 0 Å². The Morgan fingerprint density at radius 3 is 2.24 bits per heavy atom. The van der Waals surface area contributed by atoms with E-state index in [-0.39, 0.29) is 11.5 Å². The van der Waals surface area contributed by atoms with Gasteiger partial charge in [0.25, 0.3) is 11.5 Å². The molecule has 0 fully saturated rings. The molecule has 0 atom stereocenters. The number of para-hydroxylation sites is 1. The molecule has 1 N–H and O–H groups in total. The summed E-state index contributed by atoms with van der Waals surface area (Å²) in [5, 5.41) is 3.34. The van der Waals surface area contributed by atoms with Gasteiger partial charge >= 0.3 is 0 Å². The van der Waals surface area contributed by atoms with Crippen molar-refractivity contribution in [3.8, 4) is 17.1 Å². The van der Waals surface area contributed by atoms with Crippen molar-refractivity contribution in [3.63, 3.8) is 0 Å². The van der Waals surface area contributed by atoms with Crippen LogP contribution in [0.3, 0.4) is 0 Å². The summed E-state index contributed by atoms with van der Waals surface area (Å²) in [6, 6.07) is 23.7. The predicted octanol–water partition coefficient (Wildman–Crippen LogP) is 4.40. The van der Waals surface area contributed by atoms with E-state index < -0.39 is 0 Å². The van der Waals surface area contributed by atoms with Crippen LogP contribution in [0.25, 0.3) is 28.0 Å². The summed E-state index contributed by atoms with van der Waals surface area (Å²) in [5.74, 6) is 0.868. The molecule has 5 rings (SSSR count). The van der Waals surface area contributed by atoms with E-state index in [0.717, 1.165) is 5.56 Å². The number of aryl methyl sites for hydroxylation is 1. The van der Waals surface area contributed by atoms with Crippen molar-refractivity contribution in [2.45, 2.75) is 6.92 Å². The maximum atomic E-state index is 13.0. The highest BCUT2D eigenvalue weighted by atomic mass is 16.1. The number of amides is 1. The van der Waals surface area contributed by atoms with Gasteiger partial charge in [0.05, 0.1) is 34.7 Å². The molecule has 2 aromatic heterocycles. The highest BCUT2D eigenvalue weighted by Crippen LogP contribution is 2.17. The Kier molecular flexibility index (Phi) is 5.20. The number of carbonyl (C=O) groups is 1. The number of nitrogens with one attached hydrogen (secondary N) is 1. The molecule has 5 aromatic rings. The van der Waals surface area contributed by atoms with Crippen LogP contribution in [0.2, 0.25) is 0 Å². The topological polar surface area (TPSA) is 89.8 Å². The Balaban J connectivity index is 1.36. The fourth-order valence-corrected chi connectivity index (χ4v) is 3.64. The van der Waals surface area contributed by atoms with Crippen LogP contribution in [-0.4, -0.2) is 25.4 Å². The van der Waals surface area contributed by atoms with Crippen molar-refractivity contribution in [3.05, 3.63) is 113 Å². The number of aromatic nitrogens is 4. The summed E-state index contributed by atoms with van der Waals surface area (Å²) >= 11 is 0. The van der Waals surface area contributed by atoms with Gasteiger partial charge in [-0.15, -0.1) is 0 Å². The Hall–Kier alpha value is -4.65. The smallest absolute Gasteiger partial charge is 0.265 e. The highest BCUT2D eigenvalue weighted by Gasteiger charge is 2.12. The molecule has 0 unspecified atom stereocenters. The Morgan fingerprint density at radius 1 is 0.848 bits per heavy atom. The minimum Gasteiger partial charge on any atom is -0.319 e. The van der Waals surface area contributed by atoms with E-state index in [0.29, 0.717) is 39.5 Å². The van der Waals surface area contributed by atoms with Gasteiger partial charge in [0, 0.05) is 11.1 Å². The molecule has 7 nitrogen and oxygen atoms in total. The molecular formula is C26H19N5O2. The third-order valence-corrected chi connectivity index (χ3v) is 5.27. The number of anilines is 1. The second-order valence-corrected chi connectivity index (χ2v) is 7.48. The predicted molar refractivity (Wildman–Crippen MR) is 127 cm³/mol. The van der Waals surface area contributed by atoms with Crippen LogP contribution in [0, 0.1) is 6.92 Å². The first kappa shape index (κ1) is 20.3. The van der Waals surface area contributed by atoms with Crippen molar-refractivity contribution in [2.75, 3.05) is 5.32 Å².